The van der Waals surface area contributed by atoms with Gasteiger partial charge in [-0.1, -0.05) is 67.6 Å². The maximum absolute atomic E-state index is 13.4. The number of rotatable bonds is 9. The third kappa shape index (κ3) is 5.90. The van der Waals surface area contributed by atoms with Gasteiger partial charge in [-0.3, -0.25) is 14.4 Å². The van der Waals surface area contributed by atoms with Crippen molar-refractivity contribution in [3.8, 4) is 0 Å². The number of hydrogen-bond donors (Lipinski definition) is 1. The first-order chi connectivity index (χ1) is 17.0. The molecule has 186 valence electrons. The van der Waals surface area contributed by atoms with Gasteiger partial charge in [-0.2, -0.15) is 0 Å². The van der Waals surface area contributed by atoms with Crippen LogP contribution >= 0.6 is 0 Å². The van der Waals surface area contributed by atoms with Crippen LogP contribution in [0.5, 0.6) is 0 Å². The lowest BCUT2D eigenvalue weighted by Gasteiger charge is -2.51. The first-order valence-electron chi connectivity index (χ1n) is 12.6. The van der Waals surface area contributed by atoms with Crippen molar-refractivity contribution in [2.24, 2.45) is 0 Å². The molecule has 2 aliphatic heterocycles. The van der Waals surface area contributed by atoms with E-state index in [1.165, 1.54) is 5.56 Å². The maximum atomic E-state index is 13.4. The Kier molecular flexibility index (Phi) is 8.18. The Bertz CT molecular complexity index is 1000. The lowest BCUT2D eigenvalue weighted by Crippen LogP contribution is -2.73. The molecule has 0 bridgehead atoms. The summed E-state index contributed by atoms with van der Waals surface area (Å²) >= 11 is 0. The fourth-order valence-electron chi connectivity index (χ4n) is 5.10. The molecular weight excluding hydrogens is 442 g/mol. The predicted octanol–water partition coefficient (Wildman–Crippen LogP) is 2.93. The van der Waals surface area contributed by atoms with Gasteiger partial charge < -0.3 is 19.9 Å². The first-order valence-corrected chi connectivity index (χ1v) is 12.6. The van der Waals surface area contributed by atoms with Gasteiger partial charge in [-0.25, -0.2) is 0 Å². The van der Waals surface area contributed by atoms with Gasteiger partial charge in [0.15, 0.2) is 0 Å². The van der Waals surface area contributed by atoms with E-state index in [1.54, 1.807) is 4.90 Å². The van der Waals surface area contributed by atoms with Gasteiger partial charge in [-0.15, -0.1) is 0 Å². The number of carbonyl (C=O) groups excluding carboxylic acids is 3. The van der Waals surface area contributed by atoms with Gasteiger partial charge >= 0.3 is 5.97 Å². The third-order valence-electron chi connectivity index (χ3n) is 7.11. The number of nitrogens with one attached hydrogen (secondary N) is 1. The molecule has 1 unspecified atom stereocenters. The Hall–Kier alpha value is -3.19. The van der Waals surface area contributed by atoms with E-state index < -0.39 is 17.6 Å². The molecule has 0 aromatic heterocycles. The number of esters is 1. The topological polar surface area (TPSA) is 79.0 Å². The highest BCUT2D eigenvalue weighted by Crippen LogP contribution is 2.33. The van der Waals surface area contributed by atoms with Crippen molar-refractivity contribution in [2.75, 3.05) is 26.2 Å². The van der Waals surface area contributed by atoms with Crippen LogP contribution in [0, 0.1) is 0 Å². The fourth-order valence-corrected chi connectivity index (χ4v) is 5.10. The van der Waals surface area contributed by atoms with Gasteiger partial charge in [0.2, 0.25) is 11.8 Å². The number of amides is 2. The van der Waals surface area contributed by atoms with Gasteiger partial charge in [0.1, 0.15) is 18.2 Å². The van der Waals surface area contributed by atoms with Crippen molar-refractivity contribution in [3.05, 3.63) is 71.8 Å². The van der Waals surface area contributed by atoms with E-state index in [0.29, 0.717) is 19.4 Å². The Morgan fingerprint density at radius 1 is 0.971 bits per heavy atom. The van der Waals surface area contributed by atoms with E-state index >= 15 is 0 Å². The summed E-state index contributed by atoms with van der Waals surface area (Å²) in [5.41, 5.74) is 1.35. The summed E-state index contributed by atoms with van der Waals surface area (Å²) in [7, 11) is 0. The standard InChI is InChI=1S/C28H35N3O4/c1-2-16-31-26(33)24(20-25(32)35-21-23-11-7-4-8-12-23)29-27(34)28(31)14-18-30(19-15-28)17-13-22-9-5-3-6-10-22/h3-12,24H,2,13-21H2,1H3,(H,29,34). The Balaban J connectivity index is 1.35. The maximum Gasteiger partial charge on any atom is 0.308 e. The second kappa shape index (κ2) is 11.5. The summed E-state index contributed by atoms with van der Waals surface area (Å²) in [5, 5.41) is 2.87. The normalized spacial score (nSPS) is 20.0. The zero-order valence-corrected chi connectivity index (χ0v) is 20.4. The lowest BCUT2D eigenvalue weighted by atomic mass is 9.81. The number of benzene rings is 2. The summed E-state index contributed by atoms with van der Waals surface area (Å²) in [6.45, 7) is 5.11. The second-order valence-electron chi connectivity index (χ2n) is 9.48. The molecule has 0 radical (unpaired) electrons. The number of piperidine rings is 1. The van der Waals surface area contributed by atoms with Gasteiger partial charge in [0.25, 0.3) is 0 Å². The molecule has 1 atom stereocenters. The summed E-state index contributed by atoms with van der Waals surface area (Å²) in [6, 6.07) is 18.9. The molecule has 2 aromatic rings. The van der Waals surface area contributed by atoms with Crippen LogP contribution in [0.4, 0.5) is 0 Å². The van der Waals surface area contributed by atoms with Crippen LogP contribution in [-0.2, 0) is 32.1 Å². The van der Waals surface area contributed by atoms with E-state index in [2.05, 4.69) is 34.5 Å². The van der Waals surface area contributed by atoms with Crippen molar-refractivity contribution in [2.45, 2.75) is 57.2 Å². The van der Waals surface area contributed by atoms with Crippen molar-refractivity contribution in [3.63, 3.8) is 0 Å². The number of ether oxygens (including phenoxy) is 1. The highest BCUT2D eigenvalue weighted by Gasteiger charge is 2.53. The summed E-state index contributed by atoms with van der Waals surface area (Å²) in [5.74, 6) is -0.814. The van der Waals surface area contributed by atoms with E-state index in [1.807, 2.05) is 43.3 Å². The molecule has 1 spiro atoms. The third-order valence-corrected chi connectivity index (χ3v) is 7.11. The molecule has 2 aliphatic rings. The van der Waals surface area contributed by atoms with Crippen molar-refractivity contribution in [1.82, 2.24) is 15.1 Å². The average molecular weight is 478 g/mol. The smallest absolute Gasteiger partial charge is 0.308 e. The highest BCUT2D eigenvalue weighted by atomic mass is 16.5. The second-order valence-corrected chi connectivity index (χ2v) is 9.48. The molecule has 2 amide bonds. The van der Waals surface area contributed by atoms with Gasteiger partial charge in [0.05, 0.1) is 6.42 Å². The molecule has 7 heteroatoms. The molecule has 2 heterocycles. The highest BCUT2D eigenvalue weighted by molar-refractivity contribution is 6.01. The first kappa shape index (κ1) is 24.9. The quantitative estimate of drug-likeness (QED) is 0.562. The van der Waals surface area contributed by atoms with Gasteiger partial charge in [0, 0.05) is 26.2 Å². The zero-order valence-electron chi connectivity index (χ0n) is 20.4. The van der Waals surface area contributed by atoms with Crippen molar-refractivity contribution >= 4 is 17.8 Å². The lowest BCUT2D eigenvalue weighted by molar-refractivity contribution is -0.163. The van der Waals surface area contributed by atoms with Crippen LogP contribution in [0.15, 0.2) is 60.7 Å². The molecule has 1 N–H and O–H groups in total. The molecule has 4 rings (SSSR count). The fraction of sp³-hybridized carbons (Fsp3) is 0.464. The number of likely N-dealkylation sites (tertiary alicyclic amines) is 1. The van der Waals surface area contributed by atoms with Crippen molar-refractivity contribution in [1.29, 1.82) is 0 Å². The van der Waals surface area contributed by atoms with Crippen LogP contribution in [-0.4, -0.2) is 65.3 Å². The molecule has 0 aliphatic carbocycles. The number of carbonyl (C=O) groups is 3. The van der Waals surface area contributed by atoms with E-state index in [0.717, 1.165) is 38.0 Å². The minimum absolute atomic E-state index is 0.144. The largest absolute Gasteiger partial charge is 0.461 e. The Morgan fingerprint density at radius 3 is 2.23 bits per heavy atom. The number of hydrogen-bond acceptors (Lipinski definition) is 5. The SMILES string of the molecule is CCCN1C(=O)C(CC(=O)OCc2ccccc2)NC(=O)C12CCN(CCc1ccccc1)CC2. The summed E-state index contributed by atoms with van der Waals surface area (Å²) < 4.78 is 5.36. The predicted molar refractivity (Wildman–Crippen MR) is 133 cm³/mol. The van der Waals surface area contributed by atoms with Crippen molar-refractivity contribution < 1.29 is 19.1 Å². The molecule has 2 fully saturated rings. The van der Waals surface area contributed by atoms with E-state index in [9.17, 15) is 14.4 Å². The molecule has 7 nitrogen and oxygen atoms in total. The van der Waals surface area contributed by atoms with Crippen LogP contribution in [0.1, 0.15) is 43.7 Å². The van der Waals surface area contributed by atoms with Crippen LogP contribution in [0.25, 0.3) is 0 Å². The van der Waals surface area contributed by atoms with Crippen LogP contribution < -0.4 is 5.32 Å². The molecule has 35 heavy (non-hydrogen) atoms. The average Bonchev–Trinajstić information content (AvgIpc) is 2.89. The van der Waals surface area contributed by atoms with E-state index in [-0.39, 0.29) is 24.8 Å². The zero-order chi connectivity index (χ0) is 24.7. The number of nitrogens with zero attached hydrogens (tertiary/aromatic N) is 2. The summed E-state index contributed by atoms with van der Waals surface area (Å²) in [4.78, 5) is 43.4. The summed E-state index contributed by atoms with van der Waals surface area (Å²) in [6.07, 6.45) is 2.76. The van der Waals surface area contributed by atoms with Crippen LogP contribution in [0.3, 0.4) is 0 Å². The molecule has 2 saturated heterocycles. The molecule has 0 saturated carbocycles. The monoisotopic (exact) mass is 477 g/mol. The molecular formula is C28H35N3O4. The minimum atomic E-state index is -0.876. The van der Waals surface area contributed by atoms with Gasteiger partial charge in [-0.05, 0) is 36.8 Å². The Morgan fingerprint density at radius 2 is 1.60 bits per heavy atom. The Labute approximate surface area is 207 Å². The molecule has 2 aromatic carbocycles. The minimum Gasteiger partial charge on any atom is -0.461 e. The number of piperazine rings is 1. The van der Waals surface area contributed by atoms with E-state index in [4.69, 9.17) is 4.74 Å². The van der Waals surface area contributed by atoms with Crippen LogP contribution in [0.2, 0.25) is 0 Å².